The van der Waals surface area contributed by atoms with E-state index < -0.39 is 5.82 Å². The van der Waals surface area contributed by atoms with Gasteiger partial charge in [-0.05, 0) is 23.8 Å². The van der Waals surface area contributed by atoms with Crippen LogP contribution in [0.4, 0.5) is 10.1 Å². The maximum Gasteiger partial charge on any atom is 0.146 e. The van der Waals surface area contributed by atoms with Crippen LogP contribution < -0.4 is 5.73 Å². The summed E-state index contributed by atoms with van der Waals surface area (Å²) < 4.78 is 15.4. The molecule has 2 N–H and O–H groups in total. The van der Waals surface area contributed by atoms with Crippen LogP contribution in [0.25, 0.3) is 22.0 Å². The van der Waals surface area contributed by atoms with Crippen LogP contribution in [0.15, 0.2) is 36.5 Å². The number of hydrogen-bond acceptors (Lipinski definition) is 2. The molecule has 0 amide bonds. The van der Waals surface area contributed by atoms with Crippen molar-refractivity contribution >= 4 is 28.2 Å². The predicted molar refractivity (Wildman–Crippen MR) is 75.5 cm³/mol. The first-order chi connectivity index (χ1) is 9.08. The number of aryl methyl sites for hydroxylation is 1. The molecule has 5 heteroatoms. The van der Waals surface area contributed by atoms with Gasteiger partial charge < -0.3 is 5.73 Å². The lowest BCUT2D eigenvalue weighted by atomic mass is 10.0. The molecular formula is C14H11ClFN3. The fourth-order valence-corrected chi connectivity index (χ4v) is 2.45. The van der Waals surface area contributed by atoms with E-state index in [4.69, 9.17) is 17.3 Å². The summed E-state index contributed by atoms with van der Waals surface area (Å²) in [5.74, 6) is -0.472. The zero-order chi connectivity index (χ0) is 13.6. The number of nitrogens with zero attached hydrogens (tertiary/aromatic N) is 2. The van der Waals surface area contributed by atoms with Crippen molar-refractivity contribution in [1.29, 1.82) is 0 Å². The number of hydrogen-bond donors (Lipinski definition) is 1. The zero-order valence-electron chi connectivity index (χ0n) is 10.2. The van der Waals surface area contributed by atoms with E-state index in [1.807, 2.05) is 25.2 Å². The Bertz CT molecular complexity index is 780. The summed E-state index contributed by atoms with van der Waals surface area (Å²) in [6.45, 7) is 0. The van der Waals surface area contributed by atoms with E-state index in [9.17, 15) is 4.39 Å². The second-order valence-electron chi connectivity index (χ2n) is 4.36. The maximum atomic E-state index is 13.6. The van der Waals surface area contributed by atoms with Crippen molar-refractivity contribution in [3.05, 3.63) is 47.4 Å². The van der Waals surface area contributed by atoms with Crippen LogP contribution in [0, 0.1) is 5.82 Å². The lowest BCUT2D eigenvalue weighted by molar-refractivity contribution is 0.633. The quantitative estimate of drug-likeness (QED) is 0.690. The fourth-order valence-electron chi connectivity index (χ4n) is 2.18. The Morgan fingerprint density at radius 3 is 2.84 bits per heavy atom. The number of halogens is 2. The Kier molecular flexibility index (Phi) is 2.68. The van der Waals surface area contributed by atoms with Gasteiger partial charge in [0.1, 0.15) is 5.82 Å². The summed E-state index contributed by atoms with van der Waals surface area (Å²) in [4.78, 5) is 0. The van der Waals surface area contributed by atoms with Crippen LogP contribution in [0.5, 0.6) is 0 Å². The number of rotatable bonds is 1. The molecule has 3 aromatic rings. The first-order valence-corrected chi connectivity index (χ1v) is 6.11. The third-order valence-electron chi connectivity index (χ3n) is 3.17. The standard InChI is InChI=1S/C14H11ClFN3/c1-19-14-4-2-3-8(10(14)7-18-19)9-5-12(16)13(17)6-11(9)15/h2-7H,17H2,1H3. The molecule has 0 spiro atoms. The van der Waals surface area contributed by atoms with E-state index >= 15 is 0 Å². The van der Waals surface area contributed by atoms with Crippen molar-refractivity contribution in [2.75, 3.05) is 5.73 Å². The van der Waals surface area contributed by atoms with E-state index in [1.54, 1.807) is 10.9 Å². The third kappa shape index (κ3) is 1.85. The summed E-state index contributed by atoms with van der Waals surface area (Å²) >= 11 is 6.17. The van der Waals surface area contributed by atoms with Gasteiger partial charge in [0.2, 0.25) is 0 Å². The molecule has 3 nitrogen and oxygen atoms in total. The number of nitrogens with two attached hydrogens (primary N) is 1. The summed E-state index contributed by atoms with van der Waals surface area (Å²) in [7, 11) is 1.86. The summed E-state index contributed by atoms with van der Waals surface area (Å²) in [6, 6.07) is 8.53. The molecule has 19 heavy (non-hydrogen) atoms. The molecule has 2 aromatic carbocycles. The van der Waals surface area contributed by atoms with Gasteiger partial charge in [0.25, 0.3) is 0 Å². The summed E-state index contributed by atoms with van der Waals surface area (Å²) in [6.07, 6.45) is 1.75. The minimum absolute atomic E-state index is 0.0483. The first kappa shape index (κ1) is 12.0. The van der Waals surface area contributed by atoms with E-state index in [-0.39, 0.29) is 5.69 Å². The number of fused-ring (bicyclic) bond motifs is 1. The minimum Gasteiger partial charge on any atom is -0.396 e. The predicted octanol–water partition coefficient (Wildman–Crippen LogP) is 3.62. The van der Waals surface area contributed by atoms with Crippen LogP contribution in [0.3, 0.4) is 0 Å². The Labute approximate surface area is 114 Å². The molecule has 0 unspecified atom stereocenters. The van der Waals surface area contributed by atoms with E-state index in [2.05, 4.69) is 5.10 Å². The minimum atomic E-state index is -0.472. The number of anilines is 1. The molecule has 96 valence electrons. The molecular weight excluding hydrogens is 265 g/mol. The van der Waals surface area contributed by atoms with Crippen LogP contribution in [-0.4, -0.2) is 9.78 Å². The number of aromatic nitrogens is 2. The highest BCUT2D eigenvalue weighted by Crippen LogP contribution is 2.35. The molecule has 0 bridgehead atoms. The Morgan fingerprint density at radius 1 is 1.26 bits per heavy atom. The van der Waals surface area contributed by atoms with Gasteiger partial charge in [0, 0.05) is 18.0 Å². The molecule has 0 fully saturated rings. The summed E-state index contributed by atoms with van der Waals surface area (Å²) in [5, 5.41) is 5.56. The van der Waals surface area contributed by atoms with Crippen molar-refractivity contribution in [2.24, 2.45) is 7.05 Å². The van der Waals surface area contributed by atoms with E-state index in [0.717, 1.165) is 16.5 Å². The van der Waals surface area contributed by atoms with Gasteiger partial charge in [-0.15, -0.1) is 0 Å². The number of nitrogen functional groups attached to an aromatic ring is 1. The van der Waals surface area contributed by atoms with Crippen LogP contribution in [0.2, 0.25) is 5.02 Å². The van der Waals surface area contributed by atoms with Crippen molar-refractivity contribution in [2.45, 2.75) is 0 Å². The van der Waals surface area contributed by atoms with Crippen LogP contribution >= 0.6 is 11.6 Å². The second-order valence-corrected chi connectivity index (χ2v) is 4.77. The average molecular weight is 276 g/mol. The van der Waals surface area contributed by atoms with Gasteiger partial charge >= 0.3 is 0 Å². The molecule has 0 aliphatic heterocycles. The van der Waals surface area contributed by atoms with Gasteiger partial charge in [-0.1, -0.05) is 23.7 Å². The van der Waals surface area contributed by atoms with Crippen LogP contribution in [0.1, 0.15) is 0 Å². The zero-order valence-corrected chi connectivity index (χ0v) is 10.9. The van der Waals surface area contributed by atoms with E-state index in [0.29, 0.717) is 10.6 Å². The SMILES string of the molecule is Cn1ncc2c(-c3cc(F)c(N)cc3Cl)cccc21. The van der Waals surface area contributed by atoms with Crippen molar-refractivity contribution in [3.63, 3.8) is 0 Å². The topological polar surface area (TPSA) is 43.8 Å². The average Bonchev–Trinajstić information content (AvgIpc) is 2.76. The summed E-state index contributed by atoms with van der Waals surface area (Å²) in [5.41, 5.74) is 7.98. The van der Waals surface area contributed by atoms with Gasteiger partial charge in [0.05, 0.1) is 22.4 Å². The largest absolute Gasteiger partial charge is 0.396 e. The second kappa shape index (κ2) is 4.24. The lowest BCUT2D eigenvalue weighted by Gasteiger charge is -2.08. The fraction of sp³-hybridized carbons (Fsp3) is 0.0714. The monoisotopic (exact) mass is 275 g/mol. The van der Waals surface area contributed by atoms with E-state index in [1.165, 1.54) is 12.1 Å². The van der Waals surface area contributed by atoms with Gasteiger partial charge in [0.15, 0.2) is 0 Å². The third-order valence-corrected chi connectivity index (χ3v) is 3.48. The highest BCUT2D eigenvalue weighted by atomic mass is 35.5. The molecule has 1 heterocycles. The number of benzene rings is 2. The molecule has 0 saturated carbocycles. The van der Waals surface area contributed by atoms with Crippen molar-refractivity contribution < 1.29 is 4.39 Å². The highest BCUT2D eigenvalue weighted by molar-refractivity contribution is 6.34. The lowest BCUT2D eigenvalue weighted by Crippen LogP contribution is -1.92. The van der Waals surface area contributed by atoms with Gasteiger partial charge in [-0.25, -0.2) is 4.39 Å². The smallest absolute Gasteiger partial charge is 0.146 e. The maximum absolute atomic E-state index is 13.6. The van der Waals surface area contributed by atoms with Gasteiger partial charge in [-0.3, -0.25) is 4.68 Å². The molecule has 3 rings (SSSR count). The Hall–Kier alpha value is -2.07. The van der Waals surface area contributed by atoms with Gasteiger partial charge in [-0.2, -0.15) is 5.10 Å². The van der Waals surface area contributed by atoms with Crippen molar-refractivity contribution in [3.8, 4) is 11.1 Å². The van der Waals surface area contributed by atoms with Crippen LogP contribution in [-0.2, 0) is 7.05 Å². The first-order valence-electron chi connectivity index (χ1n) is 5.73. The van der Waals surface area contributed by atoms with Crippen molar-refractivity contribution in [1.82, 2.24) is 9.78 Å². The molecule has 1 aromatic heterocycles. The highest BCUT2D eigenvalue weighted by Gasteiger charge is 2.12. The Balaban J connectivity index is 2.33. The Morgan fingerprint density at radius 2 is 2.05 bits per heavy atom. The molecule has 0 atom stereocenters. The molecule has 0 aliphatic rings. The molecule has 0 radical (unpaired) electrons. The molecule has 0 saturated heterocycles. The normalized spacial score (nSPS) is 11.1. The molecule has 0 aliphatic carbocycles.